The summed E-state index contributed by atoms with van der Waals surface area (Å²) < 4.78 is 48.5. The summed E-state index contributed by atoms with van der Waals surface area (Å²) >= 11 is 10.1. The minimum atomic E-state index is 0.519. The summed E-state index contributed by atoms with van der Waals surface area (Å²) in [5.41, 5.74) is 2.20. The van der Waals surface area contributed by atoms with Crippen molar-refractivity contribution in [1.82, 2.24) is 0 Å². The van der Waals surface area contributed by atoms with Gasteiger partial charge in [0.05, 0.1) is 29.3 Å². The van der Waals surface area contributed by atoms with Crippen LogP contribution in [0.5, 0.6) is 46.0 Å². The molecule has 46 heavy (non-hydrogen) atoms. The molecule has 4 aliphatic heterocycles. The Morgan fingerprint density at radius 2 is 0.652 bits per heavy atom. The third-order valence-electron chi connectivity index (χ3n) is 7.81. The van der Waals surface area contributed by atoms with Gasteiger partial charge in [-0.2, -0.15) is 0 Å². The van der Waals surface area contributed by atoms with Crippen LogP contribution in [0.4, 0.5) is 0 Å². The molecule has 0 unspecified atom stereocenters. The number of hydrogen-bond acceptors (Lipinski definition) is 14. The van der Waals surface area contributed by atoms with Gasteiger partial charge in [-0.05, 0) is 12.1 Å². The predicted molar refractivity (Wildman–Crippen MR) is 185 cm³/mol. The van der Waals surface area contributed by atoms with Crippen molar-refractivity contribution < 1.29 is 37.9 Å². The highest BCUT2D eigenvalue weighted by atomic mass is 32.1. The maximum absolute atomic E-state index is 6.22. The van der Waals surface area contributed by atoms with Crippen molar-refractivity contribution in [3.05, 3.63) is 33.7 Å². The first-order valence-electron chi connectivity index (χ1n) is 14.6. The second-order valence-electron chi connectivity index (χ2n) is 10.5. The molecule has 0 saturated carbocycles. The average molecular weight is 727 g/mol. The lowest BCUT2D eigenvalue weighted by Gasteiger charge is -2.17. The van der Waals surface area contributed by atoms with Gasteiger partial charge >= 0.3 is 0 Å². The number of fused-ring (bicyclic) bond motifs is 4. The van der Waals surface area contributed by atoms with Crippen LogP contribution in [0.2, 0.25) is 0 Å². The Bertz CT molecular complexity index is 1960. The zero-order valence-corrected chi connectivity index (χ0v) is 28.7. The highest BCUT2D eigenvalue weighted by Crippen LogP contribution is 2.60. The smallest absolute Gasteiger partial charge is 0.180 e. The molecule has 10 heterocycles. The first-order chi connectivity index (χ1) is 22.8. The average Bonchev–Trinajstić information content (AvgIpc) is 3.94. The summed E-state index contributed by atoms with van der Waals surface area (Å²) in [5.74, 6) is 6.43. The molecule has 0 N–H and O–H groups in total. The maximum atomic E-state index is 6.22. The van der Waals surface area contributed by atoms with Crippen molar-refractivity contribution in [1.29, 1.82) is 0 Å². The van der Waals surface area contributed by atoms with Gasteiger partial charge in [-0.3, -0.25) is 0 Å². The van der Waals surface area contributed by atoms with Crippen LogP contribution in [0.15, 0.2) is 33.7 Å². The normalized spacial score (nSPS) is 16.1. The van der Waals surface area contributed by atoms with Crippen LogP contribution in [-0.2, 0) is 0 Å². The summed E-state index contributed by atoms with van der Waals surface area (Å²) in [6.45, 7) is 4.31. The van der Waals surface area contributed by atoms with Gasteiger partial charge in [-0.25, -0.2) is 0 Å². The SMILES string of the molecule is c1sc(-c2cc(-c3scc4c3OCCO4)c(-c3sc(-c4scc5c4OCCO5)cc3-c3scc4c3OCCO4)s2)c2c1OCCO2. The van der Waals surface area contributed by atoms with Crippen molar-refractivity contribution in [3.63, 3.8) is 0 Å². The van der Waals surface area contributed by atoms with Crippen LogP contribution in [0.1, 0.15) is 0 Å². The molecule has 6 aromatic rings. The van der Waals surface area contributed by atoms with E-state index in [2.05, 4.69) is 12.1 Å². The second kappa shape index (κ2) is 11.1. The summed E-state index contributed by atoms with van der Waals surface area (Å²) in [6.07, 6.45) is 0. The van der Waals surface area contributed by atoms with Gasteiger partial charge in [0.25, 0.3) is 0 Å². The van der Waals surface area contributed by atoms with Gasteiger partial charge in [-0.15, -0.1) is 68.0 Å². The Morgan fingerprint density at radius 1 is 0.348 bits per heavy atom. The van der Waals surface area contributed by atoms with Gasteiger partial charge < -0.3 is 37.9 Å². The molecule has 10 rings (SSSR count). The lowest BCUT2D eigenvalue weighted by Crippen LogP contribution is -2.14. The molecule has 0 saturated heterocycles. The molecule has 0 spiro atoms. The first kappa shape index (κ1) is 27.7. The molecule has 14 heteroatoms. The van der Waals surface area contributed by atoms with E-state index >= 15 is 0 Å². The first-order valence-corrected chi connectivity index (χ1v) is 19.7. The van der Waals surface area contributed by atoms with Crippen molar-refractivity contribution in [2.24, 2.45) is 0 Å². The van der Waals surface area contributed by atoms with Crippen molar-refractivity contribution >= 4 is 68.0 Å². The molecular formula is C32H22O8S6. The van der Waals surface area contributed by atoms with Crippen LogP contribution in [0, 0.1) is 0 Å². The van der Waals surface area contributed by atoms with E-state index < -0.39 is 0 Å². The number of ether oxygens (including phenoxy) is 8. The number of thiophene rings is 6. The Morgan fingerprint density at radius 3 is 1.02 bits per heavy atom. The van der Waals surface area contributed by atoms with Crippen molar-refractivity contribution in [3.8, 4) is 96.1 Å². The minimum absolute atomic E-state index is 0.519. The van der Waals surface area contributed by atoms with Crippen molar-refractivity contribution in [2.45, 2.75) is 0 Å². The summed E-state index contributed by atoms with van der Waals surface area (Å²) in [5, 5.41) is 8.18. The van der Waals surface area contributed by atoms with E-state index in [4.69, 9.17) is 37.9 Å². The Kier molecular flexibility index (Phi) is 6.68. The Labute approximate surface area is 286 Å². The second-order valence-corrected chi connectivity index (χ2v) is 16.2. The fourth-order valence-corrected chi connectivity index (χ4v) is 12.5. The van der Waals surface area contributed by atoms with Gasteiger partial charge in [0.15, 0.2) is 46.0 Å². The topological polar surface area (TPSA) is 73.8 Å². The highest BCUT2D eigenvalue weighted by Gasteiger charge is 2.32. The molecule has 0 bridgehead atoms. The Hall–Kier alpha value is -3.40. The van der Waals surface area contributed by atoms with E-state index in [0.717, 1.165) is 96.1 Å². The molecule has 4 aliphatic rings. The minimum Gasteiger partial charge on any atom is -0.485 e. The van der Waals surface area contributed by atoms with Crippen LogP contribution in [-0.4, -0.2) is 52.9 Å². The standard InChI is InChI=1S/C32H22O8S6/c1-5-37-23-17(33-1)11-41-27(23)15-9-21(31-25-19(13-43-31)35-3-7-39-25)45-29(15)30-16(28-24-18(12-42-28)34-2-6-38-24)10-22(46-30)32-26-20(14-44-32)36-4-8-40-26/h9-14H,1-8H2. The molecule has 0 atom stereocenters. The van der Waals surface area contributed by atoms with Crippen LogP contribution in [0.3, 0.4) is 0 Å². The van der Waals surface area contributed by atoms with E-state index in [-0.39, 0.29) is 0 Å². The van der Waals surface area contributed by atoms with E-state index in [1.54, 1.807) is 68.0 Å². The zero-order valence-electron chi connectivity index (χ0n) is 23.8. The lowest BCUT2D eigenvalue weighted by molar-refractivity contribution is 0.174. The molecule has 0 aliphatic carbocycles. The summed E-state index contributed by atoms with van der Waals surface area (Å²) in [7, 11) is 0. The largest absolute Gasteiger partial charge is 0.485 e. The third-order valence-corrected chi connectivity index (χ3v) is 14.4. The molecule has 0 amide bonds. The quantitative estimate of drug-likeness (QED) is 0.174. The summed E-state index contributed by atoms with van der Waals surface area (Å²) in [6, 6.07) is 4.54. The van der Waals surface area contributed by atoms with Gasteiger partial charge in [0.1, 0.15) is 52.9 Å². The number of hydrogen-bond donors (Lipinski definition) is 0. The fourth-order valence-electron chi connectivity index (χ4n) is 5.84. The number of rotatable bonds is 5. The predicted octanol–water partition coefficient (Wildman–Crippen LogP) is 9.48. The van der Waals surface area contributed by atoms with Gasteiger partial charge in [0.2, 0.25) is 0 Å². The Balaban J connectivity index is 1.21. The van der Waals surface area contributed by atoms with Crippen LogP contribution in [0.25, 0.3) is 50.1 Å². The molecule has 8 nitrogen and oxygen atoms in total. The fraction of sp³-hybridized carbons (Fsp3) is 0.250. The maximum Gasteiger partial charge on any atom is 0.180 e. The molecule has 0 radical (unpaired) electrons. The van der Waals surface area contributed by atoms with Gasteiger partial charge in [0, 0.05) is 42.4 Å². The van der Waals surface area contributed by atoms with Crippen LogP contribution >= 0.6 is 68.0 Å². The highest BCUT2D eigenvalue weighted by molar-refractivity contribution is 7.29. The summed E-state index contributed by atoms with van der Waals surface area (Å²) in [4.78, 5) is 8.73. The molecule has 0 fully saturated rings. The van der Waals surface area contributed by atoms with E-state index in [0.29, 0.717) is 52.9 Å². The van der Waals surface area contributed by atoms with E-state index in [1.807, 2.05) is 21.5 Å². The monoisotopic (exact) mass is 726 g/mol. The van der Waals surface area contributed by atoms with Gasteiger partial charge in [-0.1, -0.05) is 0 Å². The lowest BCUT2D eigenvalue weighted by atomic mass is 10.1. The van der Waals surface area contributed by atoms with Crippen molar-refractivity contribution in [2.75, 3.05) is 52.9 Å². The van der Waals surface area contributed by atoms with Crippen LogP contribution < -0.4 is 37.9 Å². The zero-order chi connectivity index (χ0) is 30.2. The molecular weight excluding hydrogens is 705 g/mol. The molecule has 6 aromatic heterocycles. The van der Waals surface area contributed by atoms with E-state index in [9.17, 15) is 0 Å². The third kappa shape index (κ3) is 4.38. The molecule has 0 aromatic carbocycles. The van der Waals surface area contributed by atoms with E-state index in [1.165, 1.54) is 0 Å². The molecule has 234 valence electrons.